The van der Waals surface area contributed by atoms with Crippen molar-refractivity contribution < 1.29 is 46.4 Å². The van der Waals surface area contributed by atoms with Gasteiger partial charge in [0.15, 0.2) is 34.7 Å². The highest BCUT2D eigenvalue weighted by atomic mass is 35.5. The maximum absolute atomic E-state index is 13.6. The van der Waals surface area contributed by atoms with Gasteiger partial charge in [-0.2, -0.15) is 0 Å². The topological polar surface area (TPSA) is 347 Å². The molecule has 29 nitrogen and oxygen atoms in total. The number of ether oxygens (including phenoxy) is 5. The first-order valence-electron chi connectivity index (χ1n) is 50.6. The van der Waals surface area contributed by atoms with Crippen molar-refractivity contribution in [3.63, 3.8) is 0 Å². The van der Waals surface area contributed by atoms with Gasteiger partial charge in [0.2, 0.25) is 5.56 Å². The predicted molar refractivity (Wildman–Crippen MR) is 555 cm³/mol. The molecule has 0 aliphatic carbocycles. The minimum Gasteiger partial charge on any atom is -0.493 e. The van der Waals surface area contributed by atoms with E-state index in [1.807, 2.05) is 60.7 Å². The van der Waals surface area contributed by atoms with E-state index in [9.17, 15) is 51.4 Å². The van der Waals surface area contributed by atoms with Crippen molar-refractivity contribution in [2.24, 2.45) is 29.6 Å². The Balaban J connectivity index is 0.000000146. The van der Waals surface area contributed by atoms with Crippen LogP contribution in [0.1, 0.15) is 122 Å². The summed E-state index contributed by atoms with van der Waals surface area (Å²) in [7, 11) is 0. The van der Waals surface area contributed by atoms with Crippen LogP contribution in [-0.2, 0) is 38.5 Å². The molecule has 12 heterocycles. The summed E-state index contributed by atoms with van der Waals surface area (Å²) in [6.45, 7) is 22.0. The Morgan fingerprint density at radius 1 is 0.366 bits per heavy atom. The number of rotatable bonds is 35. The highest BCUT2D eigenvalue weighted by Crippen LogP contribution is 2.31. The van der Waals surface area contributed by atoms with Gasteiger partial charge in [-0.1, -0.05) is 115 Å². The summed E-state index contributed by atoms with van der Waals surface area (Å²) in [6.07, 6.45) is 35.9. The lowest BCUT2D eigenvalue weighted by Crippen LogP contribution is -2.48. The number of para-hydroxylation sites is 5. The Hall–Kier alpha value is -12.9. The molecule has 0 unspecified atom stereocenters. The number of allylic oxidation sites excluding steroid dienone is 1. The normalized spacial score (nSPS) is 16.5. The molecule has 772 valence electrons. The van der Waals surface area contributed by atoms with Crippen molar-refractivity contribution >= 4 is 17.7 Å². The third-order valence-corrected chi connectivity index (χ3v) is 27.4. The van der Waals surface area contributed by atoms with Crippen LogP contribution in [0.2, 0.25) is 5.02 Å². The van der Waals surface area contributed by atoms with E-state index in [4.69, 9.17) is 35.3 Å². The molecule has 145 heavy (non-hydrogen) atoms. The van der Waals surface area contributed by atoms with Gasteiger partial charge in [-0.15, -0.1) is 0 Å². The van der Waals surface area contributed by atoms with E-state index >= 15 is 0 Å². The molecule has 12 aromatic rings. The first-order chi connectivity index (χ1) is 70.6. The summed E-state index contributed by atoms with van der Waals surface area (Å²) in [5, 5.41) is 11.3. The van der Waals surface area contributed by atoms with Gasteiger partial charge in [0.25, 0.3) is 27.8 Å². The Morgan fingerprint density at radius 2 is 0.703 bits per heavy atom. The van der Waals surface area contributed by atoms with Gasteiger partial charge < -0.3 is 88.1 Å². The second kappa shape index (κ2) is 58.9. The molecule has 0 amide bonds. The van der Waals surface area contributed by atoms with Gasteiger partial charge in [0.1, 0.15) is 35.2 Å². The van der Waals surface area contributed by atoms with Crippen molar-refractivity contribution in [2.75, 3.05) is 151 Å². The van der Waals surface area contributed by atoms with Crippen molar-refractivity contribution in [3.05, 3.63) is 368 Å². The number of halogens is 5. The summed E-state index contributed by atoms with van der Waals surface area (Å²) < 4.78 is 82.8. The van der Waals surface area contributed by atoms with Crippen LogP contribution in [0, 0.1) is 59.8 Å². The van der Waals surface area contributed by atoms with E-state index in [1.165, 1.54) is 60.7 Å². The first kappa shape index (κ1) is 109. The molecule has 0 spiro atoms. The molecule has 6 aliphatic heterocycles. The number of aryl methyl sites for hydroxylation is 1. The van der Waals surface area contributed by atoms with E-state index in [1.54, 1.807) is 110 Å². The van der Waals surface area contributed by atoms with E-state index in [0.29, 0.717) is 96.5 Å². The van der Waals surface area contributed by atoms with E-state index < -0.39 is 11.4 Å². The summed E-state index contributed by atoms with van der Waals surface area (Å²) in [4.78, 5) is 119. The molecule has 6 aliphatic rings. The van der Waals surface area contributed by atoms with Crippen LogP contribution in [0.5, 0.6) is 28.7 Å². The smallest absolute Gasteiger partial charge is 0.269 e. The minimum absolute atomic E-state index is 0.0872. The minimum atomic E-state index is -0.931. The molecule has 0 bridgehead atoms. The monoisotopic (exact) mass is 2010 g/mol. The van der Waals surface area contributed by atoms with Crippen LogP contribution in [-0.4, -0.2) is 246 Å². The van der Waals surface area contributed by atoms with Gasteiger partial charge >= 0.3 is 0 Å². The number of hydrogen-bond donors (Lipinski definition) is 7. The Labute approximate surface area is 848 Å². The number of pyridine rings is 1. The van der Waals surface area contributed by atoms with Crippen molar-refractivity contribution in [2.45, 2.75) is 128 Å². The van der Waals surface area contributed by atoms with Crippen LogP contribution >= 0.6 is 11.6 Å². The Morgan fingerprint density at radius 3 is 1.10 bits per heavy atom. The first-order valence-corrected chi connectivity index (χ1v) is 51.0. The van der Waals surface area contributed by atoms with Gasteiger partial charge in [0.05, 0.1) is 56.2 Å². The molecule has 7 N–H and O–H groups in total. The predicted octanol–water partition coefficient (Wildman–Crippen LogP) is 14.5. The zero-order valence-corrected chi connectivity index (χ0v) is 83.4. The van der Waals surface area contributed by atoms with E-state index in [-0.39, 0.29) is 63.2 Å². The van der Waals surface area contributed by atoms with Crippen LogP contribution in [0.4, 0.5) is 17.6 Å². The lowest BCUT2D eigenvalue weighted by molar-refractivity contribution is -0.0527. The van der Waals surface area contributed by atoms with E-state index in [2.05, 4.69) is 103 Å². The molecule has 6 aromatic carbocycles. The zero-order chi connectivity index (χ0) is 102. The second-order valence-electron chi connectivity index (χ2n) is 37.9. The SMILES string of the molecule is Cc1ccccc1OCC1CCN(CCc2cncc(=O)[nH]2)CC1.O=c1[nH]ccnc1CCN1CCC(COc2ccccc2F)CC1.O=c1cccc(CCN2CCC(O)(COc3ccccc3F)CC2)[nH]1.O=c1cncc(CCN2CCC(/C=C/c3ccccc3F)CC2)[nH]1.O=c1cncc(CCN2CCC(COc3ccccc3Cl)CC2)[nH]1.O=c1cncc(CCN2CCC(COc3ccccc3F)CC2)[nH]1. The van der Waals surface area contributed by atoms with Crippen LogP contribution in [0.3, 0.4) is 0 Å². The summed E-state index contributed by atoms with van der Waals surface area (Å²) in [5.74, 6) is 3.99. The maximum Gasteiger partial charge on any atom is 0.269 e. The molecule has 18 rings (SSSR count). The number of H-pyrrole nitrogens is 6. The largest absolute Gasteiger partial charge is 0.493 e. The quantitative estimate of drug-likeness (QED) is 0.0181. The standard InChI is InChI=1S/C19H22FN3O.C19H23FN2O3.C19H25N3O2.C18H22ClN3O2.2C18H22FN3O2/c20-18-4-2-1-3-16(18)6-5-15-7-10-23(11-8-15)12-9-17-13-21-14-19(24)22-17;20-16-5-1-2-6-17(16)25-14-19(24)9-12-22(13-10-19)11-8-15-4-3-7-18(23)21-15;1-15-4-2-3-5-18(15)24-14-16-6-9-22(10-7-16)11-8-17-12-20-13-19(23)21-17;19-16-3-1-2-4-17(16)24-13-14-5-8-22(9-6-14)10-7-15-11-20-12-18(23)21-15;19-15-3-1-2-4-17(15)24-13-14-5-10-22(11-6-14)12-7-16-18(23)21-9-8-20-16;19-16-3-1-2-4-17(16)24-13-14-5-8-22(9-6-14)10-7-15-11-20-12-18(23)21-15/h1-6,13-15H,7-12H2,(H,22,24);1-7,24H,8-14H2,(H,21,23);2-5,12-13,16H,6-11,14H2,1H3,(H,21,23);1-4,11-12,14H,5-10,13H2,(H,21,23);1-4,8-9,14H,5-7,10-13H2,(H,21,23);1-4,11-12,14H,5-10,13H2,(H,21,23)/b6-5+;;;;;. The van der Waals surface area contributed by atoms with Crippen molar-refractivity contribution in [3.8, 4) is 28.7 Å². The summed E-state index contributed by atoms with van der Waals surface area (Å²) >= 11 is 6.11. The van der Waals surface area contributed by atoms with Gasteiger partial charge in [-0.3, -0.25) is 53.7 Å². The van der Waals surface area contributed by atoms with Gasteiger partial charge in [-0.05, 0) is 251 Å². The van der Waals surface area contributed by atoms with Gasteiger partial charge in [-0.25, -0.2) is 17.6 Å². The number of aliphatic hydroxyl groups is 1. The van der Waals surface area contributed by atoms with E-state index in [0.717, 1.165) is 261 Å². The van der Waals surface area contributed by atoms with Crippen molar-refractivity contribution in [1.82, 2.24) is 84.2 Å². The number of hydrogen-bond acceptors (Lipinski definition) is 23. The lowest BCUT2D eigenvalue weighted by atomic mass is 9.92. The molecule has 34 heteroatoms. The molecule has 6 fully saturated rings. The third kappa shape index (κ3) is 38.9. The molecule has 0 radical (unpaired) electrons. The Kier molecular flexibility index (Phi) is 44.5. The fourth-order valence-electron chi connectivity index (χ4n) is 18.1. The number of aromatic nitrogens is 11. The second-order valence-corrected chi connectivity index (χ2v) is 38.3. The highest BCUT2D eigenvalue weighted by molar-refractivity contribution is 6.32. The maximum atomic E-state index is 13.6. The number of piperidine rings is 6. The molecule has 6 saturated heterocycles. The molecule has 6 aromatic heterocycles. The summed E-state index contributed by atoms with van der Waals surface area (Å²) in [6, 6.07) is 47.1. The summed E-state index contributed by atoms with van der Waals surface area (Å²) in [5.41, 5.74) is 5.21. The molecular weight excluding hydrogens is 1870 g/mol. The highest BCUT2D eigenvalue weighted by Gasteiger charge is 2.34. The molecule has 0 saturated carbocycles. The zero-order valence-electron chi connectivity index (χ0n) is 82.6. The average molecular weight is 2010 g/mol. The fourth-order valence-corrected chi connectivity index (χ4v) is 18.3. The number of nitrogens with zero attached hydrogens (tertiary/aromatic N) is 11. The number of benzene rings is 6. The van der Waals surface area contributed by atoms with Crippen LogP contribution in [0.15, 0.2) is 261 Å². The van der Waals surface area contributed by atoms with Gasteiger partial charge in [0, 0.05) is 168 Å². The lowest BCUT2D eigenvalue weighted by Gasteiger charge is -2.37. The number of nitrogens with one attached hydrogen (secondary N) is 6. The fraction of sp³-hybridized carbons (Fsp3) is 0.432. The average Bonchev–Trinajstić information content (AvgIpc) is 0.841. The van der Waals surface area contributed by atoms with Crippen LogP contribution < -0.4 is 57.0 Å². The Bertz CT molecular complexity index is 5990. The number of likely N-dealkylation sites (tertiary alicyclic amines) is 6. The molecular formula is C111H136ClF4N17O12. The number of aromatic amines is 6. The third-order valence-electron chi connectivity index (χ3n) is 27.1. The molecule has 0 atom stereocenters. The van der Waals surface area contributed by atoms with Crippen molar-refractivity contribution in [1.29, 1.82) is 0 Å². The van der Waals surface area contributed by atoms with Crippen LogP contribution in [0.25, 0.3) is 6.08 Å².